The van der Waals surface area contributed by atoms with Gasteiger partial charge in [-0.25, -0.2) is 14.7 Å². The summed E-state index contributed by atoms with van der Waals surface area (Å²) in [6.45, 7) is 7.48. The quantitative estimate of drug-likeness (QED) is 0.236. The molecule has 0 atom stereocenters. The smallest absolute Gasteiger partial charge is 0.264 e. The number of amides is 1. The number of nitrogens with zero attached hydrogens (tertiary/aromatic N) is 5. The first-order valence-corrected chi connectivity index (χ1v) is 13.6. The minimum atomic E-state index is -0.646. The van der Waals surface area contributed by atoms with Gasteiger partial charge in [-0.05, 0) is 48.9 Å². The van der Waals surface area contributed by atoms with Gasteiger partial charge in [-0.1, -0.05) is 55.8 Å². The van der Waals surface area contributed by atoms with Crippen LogP contribution in [0.4, 0.5) is 11.6 Å². The number of hydrogen-bond acceptors (Lipinski definition) is 7. The van der Waals surface area contributed by atoms with Gasteiger partial charge >= 0.3 is 0 Å². The van der Waals surface area contributed by atoms with Gasteiger partial charge in [0.05, 0.1) is 10.4 Å². The second-order valence-electron chi connectivity index (χ2n) is 8.82. The van der Waals surface area contributed by atoms with E-state index in [9.17, 15) is 9.59 Å². The van der Waals surface area contributed by atoms with Crippen LogP contribution in [0.5, 0.6) is 0 Å². The molecular weight excluding hydrogens is 534 g/mol. The van der Waals surface area contributed by atoms with E-state index in [0.717, 1.165) is 39.5 Å². The van der Waals surface area contributed by atoms with E-state index >= 15 is 0 Å². The number of aryl methyl sites for hydroxylation is 3. The van der Waals surface area contributed by atoms with Gasteiger partial charge in [0, 0.05) is 35.6 Å². The van der Waals surface area contributed by atoms with Gasteiger partial charge in [0.2, 0.25) is 0 Å². The Bertz CT molecular complexity index is 1890. The van der Waals surface area contributed by atoms with E-state index < -0.39 is 5.91 Å². The van der Waals surface area contributed by atoms with Crippen molar-refractivity contribution in [2.75, 3.05) is 5.73 Å². The minimum absolute atomic E-state index is 0.0325. The van der Waals surface area contributed by atoms with Gasteiger partial charge in [0.15, 0.2) is 11.6 Å². The summed E-state index contributed by atoms with van der Waals surface area (Å²) in [4.78, 5) is 32.8. The Hall–Kier alpha value is -5.27. The number of carbonyl (C=O) groups is 1. The number of allylic oxidation sites excluding steroid dienone is 1. The number of benzene rings is 2. The minimum Gasteiger partial charge on any atom is -0.381 e. The molecule has 0 aliphatic rings. The zero-order chi connectivity index (χ0) is 29.5. The van der Waals surface area contributed by atoms with Crippen molar-refractivity contribution in [1.82, 2.24) is 19.3 Å². The number of aromatic nitrogens is 4. The Morgan fingerprint density at radius 3 is 2.56 bits per heavy atom. The van der Waals surface area contributed by atoms with Crippen molar-refractivity contribution in [2.24, 2.45) is 17.8 Å². The number of para-hydroxylation sites is 1. The predicted molar refractivity (Wildman–Crippen MR) is 166 cm³/mol. The molecule has 9 nitrogen and oxygen atoms in total. The standard InChI is InChI=1S/C23H18N2OS.C8H11N5O/c1-3-20-14-18-9-7-8-17(12-13-19-15-27-16(2)24-19)22(18)23(26)25(20)21-10-5-4-6-11-21;1-3-4-11-8-5(7(10)14)6(9)12-13(8)2/h4-11,14-15H,3H2,1-2H3;3-4H,1H2,2H3,(H2,9,12)(H2,10,14)/b;11-4-. The number of nitrogen functional groups attached to an aromatic ring is 1. The fourth-order valence-electron chi connectivity index (χ4n) is 4.24. The van der Waals surface area contributed by atoms with Crippen LogP contribution in [0.25, 0.3) is 16.5 Å². The Kier molecular flexibility index (Phi) is 8.92. The van der Waals surface area contributed by atoms with Crippen molar-refractivity contribution in [3.63, 3.8) is 0 Å². The molecule has 0 saturated heterocycles. The molecule has 1 amide bonds. The van der Waals surface area contributed by atoms with Crippen molar-refractivity contribution in [3.8, 4) is 17.5 Å². The second-order valence-corrected chi connectivity index (χ2v) is 9.88. The summed E-state index contributed by atoms with van der Waals surface area (Å²) in [5.74, 6) is 6.01. The molecule has 4 N–H and O–H groups in total. The maximum absolute atomic E-state index is 13.4. The lowest BCUT2D eigenvalue weighted by Crippen LogP contribution is -2.22. The second kappa shape index (κ2) is 12.7. The van der Waals surface area contributed by atoms with Crippen molar-refractivity contribution >= 4 is 45.9 Å². The van der Waals surface area contributed by atoms with E-state index in [2.05, 4.69) is 46.5 Å². The zero-order valence-corrected chi connectivity index (χ0v) is 23.8. The van der Waals surface area contributed by atoms with Crippen molar-refractivity contribution in [2.45, 2.75) is 20.3 Å². The summed E-state index contributed by atoms with van der Waals surface area (Å²) >= 11 is 1.57. The van der Waals surface area contributed by atoms with Gasteiger partial charge in [0.1, 0.15) is 11.3 Å². The molecule has 10 heteroatoms. The molecule has 0 aliphatic carbocycles. The van der Waals surface area contributed by atoms with E-state index in [4.69, 9.17) is 11.5 Å². The Morgan fingerprint density at radius 2 is 1.93 bits per heavy atom. The molecule has 3 heterocycles. The number of primary amides is 1. The van der Waals surface area contributed by atoms with Crippen LogP contribution in [0.2, 0.25) is 0 Å². The fourth-order valence-corrected chi connectivity index (χ4v) is 4.78. The highest BCUT2D eigenvalue weighted by atomic mass is 32.1. The number of pyridine rings is 1. The average molecular weight is 564 g/mol. The molecule has 0 unspecified atom stereocenters. The predicted octanol–water partition coefficient (Wildman–Crippen LogP) is 4.71. The molecular formula is C31H29N7O2S. The number of hydrogen-bond donors (Lipinski definition) is 2. The third kappa shape index (κ3) is 6.32. The normalized spacial score (nSPS) is 10.6. The number of thiazole rings is 1. The Balaban J connectivity index is 0.000000234. The third-order valence-electron chi connectivity index (χ3n) is 6.04. The first kappa shape index (κ1) is 28.7. The largest absolute Gasteiger partial charge is 0.381 e. The van der Waals surface area contributed by atoms with Gasteiger partial charge in [-0.3, -0.25) is 14.2 Å². The van der Waals surface area contributed by atoms with Crippen LogP contribution < -0.4 is 17.0 Å². The van der Waals surface area contributed by atoms with Crippen LogP contribution in [0, 0.1) is 18.8 Å². The molecule has 0 spiro atoms. The summed E-state index contributed by atoms with van der Waals surface area (Å²) in [5, 5.41) is 8.32. The van der Waals surface area contributed by atoms with Gasteiger partial charge in [-0.15, -0.1) is 11.3 Å². The molecule has 5 rings (SSSR count). The molecule has 0 radical (unpaired) electrons. The van der Waals surface area contributed by atoms with Gasteiger partial charge < -0.3 is 11.5 Å². The Labute approximate surface area is 241 Å². The van der Waals surface area contributed by atoms with E-state index in [-0.39, 0.29) is 16.9 Å². The molecule has 0 fully saturated rings. The molecule has 0 bridgehead atoms. The maximum atomic E-state index is 13.4. The number of fused-ring (bicyclic) bond motifs is 1. The fraction of sp³-hybridized carbons (Fsp3) is 0.129. The van der Waals surface area contributed by atoms with Crippen molar-refractivity contribution < 1.29 is 4.79 Å². The maximum Gasteiger partial charge on any atom is 0.264 e. The van der Waals surface area contributed by atoms with Crippen LogP contribution in [0.1, 0.15) is 39.2 Å². The number of aliphatic imine (C=N–C) groups is 1. The highest BCUT2D eigenvalue weighted by molar-refractivity contribution is 7.09. The number of rotatable bonds is 5. The van der Waals surface area contributed by atoms with Crippen molar-refractivity contribution in [1.29, 1.82) is 0 Å². The summed E-state index contributed by atoms with van der Waals surface area (Å²) in [5.41, 5.74) is 14.0. The molecule has 5 aromatic rings. The summed E-state index contributed by atoms with van der Waals surface area (Å²) in [7, 11) is 1.62. The van der Waals surface area contributed by atoms with E-state index in [0.29, 0.717) is 11.2 Å². The zero-order valence-electron chi connectivity index (χ0n) is 23.0. The van der Waals surface area contributed by atoms with E-state index in [1.807, 2.05) is 60.8 Å². The van der Waals surface area contributed by atoms with Gasteiger partial charge in [-0.2, -0.15) is 5.10 Å². The monoisotopic (exact) mass is 563 g/mol. The molecule has 0 aliphatic heterocycles. The lowest BCUT2D eigenvalue weighted by molar-refractivity contribution is 0.100. The number of nitrogens with two attached hydrogens (primary N) is 2. The van der Waals surface area contributed by atoms with E-state index in [1.54, 1.807) is 23.0 Å². The summed E-state index contributed by atoms with van der Waals surface area (Å²) in [6, 6.07) is 17.7. The molecule has 2 aromatic carbocycles. The molecule has 0 saturated carbocycles. The average Bonchev–Trinajstić information content (AvgIpc) is 3.51. The summed E-state index contributed by atoms with van der Waals surface area (Å²) < 4.78 is 3.18. The molecule has 206 valence electrons. The van der Waals surface area contributed by atoms with Crippen LogP contribution in [-0.4, -0.2) is 31.5 Å². The van der Waals surface area contributed by atoms with Crippen LogP contribution in [0.3, 0.4) is 0 Å². The third-order valence-corrected chi connectivity index (χ3v) is 6.81. The lowest BCUT2D eigenvalue weighted by Gasteiger charge is -2.14. The lowest BCUT2D eigenvalue weighted by atomic mass is 10.0. The van der Waals surface area contributed by atoms with Gasteiger partial charge in [0.25, 0.3) is 11.5 Å². The molecule has 41 heavy (non-hydrogen) atoms. The Morgan fingerprint density at radius 1 is 1.17 bits per heavy atom. The summed E-state index contributed by atoms with van der Waals surface area (Å²) in [6.07, 6.45) is 3.69. The highest BCUT2D eigenvalue weighted by Gasteiger charge is 2.17. The topological polar surface area (TPSA) is 134 Å². The first-order chi connectivity index (χ1) is 19.7. The first-order valence-electron chi connectivity index (χ1n) is 12.7. The number of anilines is 1. The van der Waals surface area contributed by atoms with Crippen LogP contribution in [-0.2, 0) is 13.5 Å². The SMILES string of the molecule is C=C/C=N\c1c(C(N)=O)c(N)nn1C.CCc1cc2cccc(C#Cc3csc(C)n3)c2c(=O)n1-c1ccccc1. The number of carbonyl (C=O) groups excluding carboxylic acids is 1. The van der Waals surface area contributed by atoms with Crippen LogP contribution >= 0.6 is 11.3 Å². The van der Waals surface area contributed by atoms with Crippen molar-refractivity contribution in [3.05, 3.63) is 111 Å². The van der Waals surface area contributed by atoms with E-state index in [1.165, 1.54) is 17.0 Å². The molecule has 3 aromatic heterocycles. The highest BCUT2D eigenvalue weighted by Crippen LogP contribution is 2.23. The van der Waals surface area contributed by atoms with Crippen LogP contribution in [0.15, 0.2) is 82.4 Å².